The molecule has 12 heteroatoms. The second kappa shape index (κ2) is 10.3. The van der Waals surface area contributed by atoms with Gasteiger partial charge in [-0.25, -0.2) is 19.6 Å². The largest absolute Gasteiger partial charge is 0.496 e. The molecule has 4 rings (SSSR count). The van der Waals surface area contributed by atoms with E-state index in [1.807, 2.05) is 27.7 Å². The number of methoxy groups -OCH3 is 1. The summed E-state index contributed by atoms with van der Waals surface area (Å²) in [4.78, 5) is 36.9. The number of para-hydroxylation sites is 1. The molecule has 2 aromatic heterocycles. The van der Waals surface area contributed by atoms with E-state index in [0.717, 1.165) is 4.90 Å². The Labute approximate surface area is 240 Å². The first-order valence-electron chi connectivity index (χ1n) is 13.4. The minimum Gasteiger partial charge on any atom is -0.493 e. The number of amides is 2. The summed E-state index contributed by atoms with van der Waals surface area (Å²) in [6.45, 7) is 17.9. The van der Waals surface area contributed by atoms with Crippen molar-refractivity contribution in [1.29, 1.82) is 0 Å². The van der Waals surface area contributed by atoms with Gasteiger partial charge in [0, 0.05) is 11.7 Å². The maximum Gasteiger partial charge on any atom is 0.496 e. The minimum absolute atomic E-state index is 0.0856. The average Bonchev–Trinajstić information content (AvgIpc) is 3.34. The van der Waals surface area contributed by atoms with Crippen molar-refractivity contribution in [2.75, 3.05) is 12.0 Å². The zero-order valence-electron chi connectivity index (χ0n) is 25.6. The molecule has 0 N–H and O–H groups in total. The highest BCUT2D eigenvalue weighted by atomic mass is 16.7. The van der Waals surface area contributed by atoms with Crippen molar-refractivity contribution >= 4 is 41.7 Å². The number of nitrogens with zero attached hydrogens (tertiary/aromatic N) is 3. The Morgan fingerprint density at radius 1 is 0.927 bits per heavy atom. The first-order valence-corrected chi connectivity index (χ1v) is 13.4. The molecule has 1 saturated heterocycles. The van der Waals surface area contributed by atoms with Gasteiger partial charge in [0.1, 0.15) is 16.7 Å². The van der Waals surface area contributed by atoms with Crippen LogP contribution in [0, 0.1) is 0 Å². The van der Waals surface area contributed by atoms with E-state index in [1.165, 1.54) is 13.3 Å². The lowest BCUT2D eigenvalue weighted by Gasteiger charge is -2.32. The van der Waals surface area contributed by atoms with E-state index in [9.17, 15) is 9.59 Å². The van der Waals surface area contributed by atoms with Crippen LogP contribution in [0.15, 0.2) is 34.9 Å². The Kier molecular flexibility index (Phi) is 7.64. The van der Waals surface area contributed by atoms with Crippen LogP contribution in [0.1, 0.15) is 69.2 Å². The van der Waals surface area contributed by atoms with E-state index < -0.39 is 41.7 Å². The molecule has 220 valence electrons. The molecule has 11 nitrogen and oxygen atoms in total. The average molecular weight is 567 g/mol. The molecular formula is C29H38BN3O8. The molecule has 0 atom stereocenters. The molecule has 0 aliphatic carbocycles. The molecule has 1 aliphatic rings. The maximum atomic E-state index is 13.5. The molecule has 41 heavy (non-hydrogen) atoms. The number of fused-ring (bicyclic) bond motifs is 1. The van der Waals surface area contributed by atoms with Crippen molar-refractivity contribution in [3.8, 4) is 17.2 Å². The Morgan fingerprint density at radius 3 is 2.00 bits per heavy atom. The van der Waals surface area contributed by atoms with Crippen LogP contribution >= 0.6 is 0 Å². The first kappa shape index (κ1) is 30.3. The summed E-state index contributed by atoms with van der Waals surface area (Å²) < 4.78 is 35.2. The molecule has 3 aromatic rings. The Balaban J connectivity index is 1.93. The van der Waals surface area contributed by atoms with Crippen LogP contribution in [0.4, 0.5) is 15.4 Å². The monoisotopic (exact) mass is 567 g/mol. The molecule has 2 amide bonds. The van der Waals surface area contributed by atoms with Gasteiger partial charge in [0.2, 0.25) is 5.89 Å². The Morgan fingerprint density at radius 2 is 1.49 bits per heavy atom. The summed E-state index contributed by atoms with van der Waals surface area (Å²) >= 11 is 0. The number of anilines is 1. The SMILES string of the molecule is COc1cccc2nc(-c3cc(B4OC(C)(C)C(C)(C)O4)cnc3N(C(=O)OC(C)(C)C)C(=O)OC(C)(C)C)oc12. The highest BCUT2D eigenvalue weighted by Gasteiger charge is 2.52. The number of hydrogen-bond donors (Lipinski definition) is 0. The maximum absolute atomic E-state index is 13.5. The van der Waals surface area contributed by atoms with Crippen molar-refractivity contribution < 1.29 is 37.5 Å². The number of pyridine rings is 1. The molecule has 0 spiro atoms. The van der Waals surface area contributed by atoms with E-state index in [2.05, 4.69) is 9.97 Å². The van der Waals surface area contributed by atoms with Crippen molar-refractivity contribution in [3.05, 3.63) is 30.5 Å². The molecule has 1 aromatic carbocycles. The van der Waals surface area contributed by atoms with Crippen molar-refractivity contribution in [2.45, 2.75) is 91.6 Å². The van der Waals surface area contributed by atoms with Crippen LogP contribution < -0.4 is 15.1 Å². The molecule has 1 fully saturated rings. The van der Waals surface area contributed by atoms with Crippen LogP contribution in [0.5, 0.6) is 5.75 Å². The molecule has 1 aliphatic heterocycles. The van der Waals surface area contributed by atoms with Gasteiger partial charge in [-0.1, -0.05) is 6.07 Å². The second-order valence-corrected chi connectivity index (χ2v) is 12.9. The normalized spacial score (nSPS) is 16.5. The van der Waals surface area contributed by atoms with Crippen LogP contribution in [-0.4, -0.2) is 58.8 Å². The lowest BCUT2D eigenvalue weighted by Crippen LogP contribution is -2.45. The van der Waals surface area contributed by atoms with E-state index in [-0.39, 0.29) is 17.3 Å². The van der Waals surface area contributed by atoms with Crippen molar-refractivity contribution in [2.24, 2.45) is 0 Å². The fourth-order valence-electron chi connectivity index (χ4n) is 3.98. The number of oxazole rings is 1. The summed E-state index contributed by atoms with van der Waals surface area (Å²) in [6.07, 6.45) is -0.471. The molecule has 0 saturated carbocycles. The van der Waals surface area contributed by atoms with E-state index in [1.54, 1.807) is 65.8 Å². The molecule has 0 unspecified atom stereocenters. The van der Waals surface area contributed by atoms with Gasteiger partial charge >= 0.3 is 19.3 Å². The molecule has 3 heterocycles. The fourth-order valence-corrected chi connectivity index (χ4v) is 3.98. The smallest absolute Gasteiger partial charge is 0.493 e. The van der Waals surface area contributed by atoms with Crippen LogP contribution in [0.25, 0.3) is 22.6 Å². The Bertz CT molecular complexity index is 1420. The van der Waals surface area contributed by atoms with Gasteiger partial charge in [0.15, 0.2) is 17.2 Å². The molecule has 0 radical (unpaired) electrons. The lowest BCUT2D eigenvalue weighted by molar-refractivity contribution is 0.00578. The number of carbonyl (C=O) groups is 2. The van der Waals surface area contributed by atoms with Gasteiger partial charge < -0.3 is 27.9 Å². The number of aromatic nitrogens is 2. The van der Waals surface area contributed by atoms with Gasteiger partial charge in [-0.3, -0.25) is 0 Å². The number of rotatable bonds is 4. The summed E-state index contributed by atoms with van der Waals surface area (Å²) in [5.74, 6) is 0.454. The van der Waals surface area contributed by atoms with E-state index in [4.69, 9.17) is 27.9 Å². The lowest BCUT2D eigenvalue weighted by atomic mass is 9.79. The third-order valence-electron chi connectivity index (χ3n) is 6.61. The highest BCUT2D eigenvalue weighted by Crippen LogP contribution is 2.38. The number of ether oxygens (including phenoxy) is 3. The van der Waals surface area contributed by atoms with Crippen LogP contribution in [-0.2, 0) is 18.8 Å². The third-order valence-corrected chi connectivity index (χ3v) is 6.61. The van der Waals surface area contributed by atoms with Gasteiger partial charge in [0.25, 0.3) is 0 Å². The number of benzene rings is 1. The predicted octanol–water partition coefficient (Wildman–Crippen LogP) is 5.87. The van der Waals surface area contributed by atoms with E-state index >= 15 is 0 Å². The highest BCUT2D eigenvalue weighted by molar-refractivity contribution is 6.62. The van der Waals surface area contributed by atoms with Gasteiger partial charge in [-0.05, 0) is 87.4 Å². The van der Waals surface area contributed by atoms with Crippen molar-refractivity contribution in [1.82, 2.24) is 9.97 Å². The van der Waals surface area contributed by atoms with Crippen LogP contribution in [0.2, 0.25) is 0 Å². The summed E-state index contributed by atoms with van der Waals surface area (Å²) in [5, 5.41) is 0. The molecular weight excluding hydrogens is 529 g/mol. The summed E-state index contributed by atoms with van der Waals surface area (Å²) in [5.41, 5.74) is -1.40. The zero-order chi connectivity index (χ0) is 30.5. The molecule has 0 bridgehead atoms. The number of hydrogen-bond acceptors (Lipinski definition) is 10. The van der Waals surface area contributed by atoms with Gasteiger partial charge in [0.05, 0.1) is 23.9 Å². The van der Waals surface area contributed by atoms with Crippen molar-refractivity contribution in [3.63, 3.8) is 0 Å². The Hall–Kier alpha value is -3.64. The second-order valence-electron chi connectivity index (χ2n) is 12.9. The summed E-state index contributed by atoms with van der Waals surface area (Å²) in [6, 6.07) is 6.95. The van der Waals surface area contributed by atoms with E-state index in [0.29, 0.717) is 22.3 Å². The fraction of sp³-hybridized carbons (Fsp3) is 0.517. The quantitative estimate of drug-likeness (QED) is 0.354. The predicted molar refractivity (Wildman–Crippen MR) is 154 cm³/mol. The minimum atomic E-state index is -0.974. The number of imide groups is 1. The van der Waals surface area contributed by atoms with Crippen LogP contribution in [0.3, 0.4) is 0 Å². The first-order chi connectivity index (χ1) is 18.8. The van der Waals surface area contributed by atoms with Gasteiger partial charge in [-0.15, -0.1) is 0 Å². The number of carbonyl (C=O) groups excluding carboxylic acids is 2. The topological polar surface area (TPSA) is 122 Å². The standard InChI is InChI=1S/C29H38BN3O8/c1-26(2,3)38-24(34)33(25(35)39-27(4,5)6)22-18(23-32-19-13-12-14-20(36-11)21(19)37-23)15-17(16-31-22)30-40-28(7,8)29(9,10)41-30/h12-16H,1-11H3. The third kappa shape index (κ3) is 6.33. The summed E-state index contributed by atoms with van der Waals surface area (Å²) in [7, 11) is 0.742. The zero-order valence-corrected chi connectivity index (χ0v) is 25.6. The van der Waals surface area contributed by atoms with Gasteiger partial charge in [-0.2, -0.15) is 4.90 Å².